The van der Waals surface area contributed by atoms with Crippen molar-refractivity contribution in [3.05, 3.63) is 0 Å². The van der Waals surface area contributed by atoms with E-state index in [0.29, 0.717) is 12.8 Å². The molecule has 0 aromatic rings. The van der Waals surface area contributed by atoms with Crippen molar-refractivity contribution in [2.45, 2.75) is 60.3 Å². The van der Waals surface area contributed by atoms with Crippen LogP contribution in [0.15, 0.2) is 0 Å². The standard InChI is InChI=1S/C15H29NO4/c1-7-11(3)15(5,13(19)20-16-6)10-14(4,8-2)9-12(17)18/h11,16H,7-10H2,1-6H3,(H,17,18). The molecule has 0 bridgehead atoms. The first kappa shape index (κ1) is 18.9. The Kier molecular flexibility index (Phi) is 7.20. The van der Waals surface area contributed by atoms with Crippen LogP contribution in [0.1, 0.15) is 60.3 Å². The van der Waals surface area contributed by atoms with E-state index in [1.165, 1.54) is 0 Å². The first-order chi connectivity index (χ1) is 9.15. The zero-order chi connectivity index (χ0) is 16.0. The van der Waals surface area contributed by atoms with Gasteiger partial charge in [0.15, 0.2) is 0 Å². The topological polar surface area (TPSA) is 75.6 Å². The van der Waals surface area contributed by atoms with Crippen molar-refractivity contribution in [3.8, 4) is 0 Å². The molecule has 0 radical (unpaired) electrons. The summed E-state index contributed by atoms with van der Waals surface area (Å²) in [5.41, 5.74) is 1.31. The average Bonchev–Trinajstić information content (AvgIpc) is 2.36. The number of rotatable bonds is 9. The van der Waals surface area contributed by atoms with Gasteiger partial charge in [-0.15, -0.1) is 0 Å². The quantitative estimate of drug-likeness (QED) is 0.638. The number of nitrogens with one attached hydrogen (secondary N) is 1. The number of aliphatic carboxylic acids is 1. The Hall–Kier alpha value is -1.10. The molecule has 0 saturated carbocycles. The van der Waals surface area contributed by atoms with E-state index >= 15 is 0 Å². The van der Waals surface area contributed by atoms with Crippen LogP contribution in [0.4, 0.5) is 0 Å². The molecule has 0 aliphatic rings. The van der Waals surface area contributed by atoms with Crippen LogP contribution in [-0.4, -0.2) is 24.1 Å². The molecule has 0 aliphatic carbocycles. The van der Waals surface area contributed by atoms with Gasteiger partial charge in [-0.25, -0.2) is 4.79 Å². The maximum atomic E-state index is 12.3. The van der Waals surface area contributed by atoms with Crippen molar-refractivity contribution >= 4 is 11.9 Å². The van der Waals surface area contributed by atoms with Crippen LogP contribution in [-0.2, 0) is 14.4 Å². The minimum absolute atomic E-state index is 0.0579. The van der Waals surface area contributed by atoms with E-state index in [0.717, 1.165) is 6.42 Å². The predicted octanol–water partition coefficient (Wildman–Crippen LogP) is 3.00. The zero-order valence-electron chi connectivity index (χ0n) is 13.6. The van der Waals surface area contributed by atoms with Gasteiger partial charge < -0.3 is 9.94 Å². The second kappa shape index (κ2) is 7.62. The predicted molar refractivity (Wildman–Crippen MR) is 78.0 cm³/mol. The Morgan fingerprint density at radius 2 is 1.85 bits per heavy atom. The fourth-order valence-electron chi connectivity index (χ4n) is 2.67. The van der Waals surface area contributed by atoms with E-state index in [9.17, 15) is 9.59 Å². The summed E-state index contributed by atoms with van der Waals surface area (Å²) in [6.45, 7) is 9.79. The molecule has 0 heterocycles. The number of carboxylic acid groups (broad SMARTS) is 1. The van der Waals surface area contributed by atoms with Gasteiger partial charge in [-0.05, 0) is 24.7 Å². The summed E-state index contributed by atoms with van der Waals surface area (Å²) in [5, 5.41) is 9.09. The highest BCUT2D eigenvalue weighted by molar-refractivity contribution is 5.77. The van der Waals surface area contributed by atoms with E-state index in [4.69, 9.17) is 9.94 Å². The molecule has 2 N–H and O–H groups in total. The fourth-order valence-corrected chi connectivity index (χ4v) is 2.67. The van der Waals surface area contributed by atoms with Crippen LogP contribution in [0.5, 0.6) is 0 Å². The van der Waals surface area contributed by atoms with E-state index in [1.54, 1.807) is 7.05 Å². The van der Waals surface area contributed by atoms with Gasteiger partial charge in [0.25, 0.3) is 0 Å². The third kappa shape index (κ3) is 4.78. The monoisotopic (exact) mass is 287 g/mol. The summed E-state index contributed by atoms with van der Waals surface area (Å²) in [5.74, 6) is -1.04. The molecule has 0 aromatic heterocycles. The highest BCUT2D eigenvalue weighted by Gasteiger charge is 2.45. The Morgan fingerprint density at radius 3 is 2.20 bits per heavy atom. The van der Waals surface area contributed by atoms with Gasteiger partial charge in [0.1, 0.15) is 0 Å². The molecule has 5 nitrogen and oxygen atoms in total. The lowest BCUT2D eigenvalue weighted by molar-refractivity contribution is -0.168. The molecule has 3 unspecified atom stereocenters. The molecule has 118 valence electrons. The molecule has 0 aliphatic heterocycles. The SMILES string of the molecule is CCC(C)C(C)(CC(C)(CC)CC(=O)O)C(=O)ONC. The number of carboxylic acids is 1. The van der Waals surface area contributed by atoms with Gasteiger partial charge in [0.2, 0.25) is 0 Å². The summed E-state index contributed by atoms with van der Waals surface area (Å²) < 4.78 is 0. The number of hydroxylamine groups is 1. The van der Waals surface area contributed by atoms with Gasteiger partial charge in [-0.2, -0.15) is 5.48 Å². The lowest BCUT2D eigenvalue weighted by atomic mass is 9.64. The summed E-state index contributed by atoms with van der Waals surface area (Å²) in [7, 11) is 1.55. The van der Waals surface area contributed by atoms with Gasteiger partial charge in [0.05, 0.1) is 11.8 Å². The van der Waals surface area contributed by atoms with Crippen molar-refractivity contribution in [1.29, 1.82) is 0 Å². The smallest absolute Gasteiger partial charge is 0.330 e. The summed E-state index contributed by atoms with van der Waals surface area (Å²) in [6.07, 6.45) is 2.10. The Labute approximate surface area is 122 Å². The first-order valence-electron chi connectivity index (χ1n) is 7.25. The Balaban J connectivity index is 5.33. The van der Waals surface area contributed by atoms with Crippen LogP contribution in [0, 0.1) is 16.7 Å². The van der Waals surface area contributed by atoms with Crippen molar-refractivity contribution in [2.24, 2.45) is 16.7 Å². The molecule has 0 saturated heterocycles. The van der Waals surface area contributed by atoms with Gasteiger partial charge in [-0.1, -0.05) is 40.5 Å². The normalized spacial score (nSPS) is 18.7. The molecule has 0 amide bonds. The summed E-state index contributed by atoms with van der Waals surface area (Å²) >= 11 is 0. The highest BCUT2D eigenvalue weighted by atomic mass is 16.7. The summed E-state index contributed by atoms with van der Waals surface area (Å²) in [6, 6.07) is 0. The second-order valence-corrected chi connectivity index (χ2v) is 6.23. The first-order valence-corrected chi connectivity index (χ1v) is 7.25. The molecule has 5 heteroatoms. The van der Waals surface area contributed by atoms with E-state index in [-0.39, 0.29) is 18.3 Å². The van der Waals surface area contributed by atoms with Crippen molar-refractivity contribution in [3.63, 3.8) is 0 Å². The van der Waals surface area contributed by atoms with E-state index in [1.807, 2.05) is 34.6 Å². The van der Waals surface area contributed by atoms with Crippen LogP contribution >= 0.6 is 0 Å². The number of carbonyl (C=O) groups is 2. The maximum absolute atomic E-state index is 12.3. The molecule has 20 heavy (non-hydrogen) atoms. The Morgan fingerprint density at radius 1 is 1.30 bits per heavy atom. The van der Waals surface area contributed by atoms with Crippen molar-refractivity contribution in [1.82, 2.24) is 5.48 Å². The average molecular weight is 287 g/mol. The Bertz CT molecular complexity index is 345. The molecule has 3 atom stereocenters. The molecule has 0 fully saturated rings. The van der Waals surface area contributed by atoms with Crippen LogP contribution < -0.4 is 5.48 Å². The van der Waals surface area contributed by atoms with Gasteiger partial charge >= 0.3 is 11.9 Å². The van der Waals surface area contributed by atoms with Crippen molar-refractivity contribution < 1.29 is 19.5 Å². The van der Waals surface area contributed by atoms with Crippen molar-refractivity contribution in [2.75, 3.05) is 7.05 Å². The third-order valence-corrected chi connectivity index (χ3v) is 4.59. The number of hydrogen-bond acceptors (Lipinski definition) is 4. The minimum Gasteiger partial charge on any atom is -0.481 e. The lowest BCUT2D eigenvalue weighted by Gasteiger charge is -2.40. The van der Waals surface area contributed by atoms with Crippen LogP contribution in [0.2, 0.25) is 0 Å². The molecular formula is C15H29NO4. The third-order valence-electron chi connectivity index (χ3n) is 4.59. The molecule has 0 rings (SSSR count). The number of carbonyl (C=O) groups excluding carboxylic acids is 1. The highest BCUT2D eigenvalue weighted by Crippen LogP contribution is 2.45. The van der Waals surface area contributed by atoms with Crippen LogP contribution in [0.25, 0.3) is 0 Å². The molecular weight excluding hydrogens is 258 g/mol. The molecule has 0 aromatic carbocycles. The number of hydrogen-bond donors (Lipinski definition) is 2. The second-order valence-electron chi connectivity index (χ2n) is 6.23. The van der Waals surface area contributed by atoms with E-state index in [2.05, 4.69) is 5.48 Å². The van der Waals surface area contributed by atoms with Gasteiger partial charge in [-0.3, -0.25) is 4.79 Å². The maximum Gasteiger partial charge on any atom is 0.330 e. The van der Waals surface area contributed by atoms with E-state index < -0.39 is 16.8 Å². The fraction of sp³-hybridized carbons (Fsp3) is 0.867. The molecule has 0 spiro atoms. The summed E-state index contributed by atoms with van der Waals surface area (Å²) in [4.78, 5) is 28.4. The lowest BCUT2D eigenvalue weighted by Crippen LogP contribution is -2.42. The zero-order valence-corrected chi connectivity index (χ0v) is 13.6. The minimum atomic E-state index is -0.831. The van der Waals surface area contributed by atoms with Crippen LogP contribution in [0.3, 0.4) is 0 Å². The van der Waals surface area contributed by atoms with Gasteiger partial charge in [0, 0.05) is 7.05 Å². The largest absolute Gasteiger partial charge is 0.481 e.